The zero-order chi connectivity index (χ0) is 64.4. The molecule has 0 aliphatic heterocycles. The standard InChI is InChI=1S/C32H45N3O2S2.C10H15N3OS2.C9H20N2O2S2.C6H5NO2.C4H12N2S2/c1-2-3-4-5-6-7-8-9-10-11-12-13-14-15-16-17-18-19-20-23-31(36)34-25-27-38-39-28-26-35-32(37)30-22-21-24-33-29-30;11-3-6-15-16-7-5-13-10(14)9-2-1-4-12-8-9;1-9(2,3)13-8(12)11-5-7-15-14-6-4-10;8-6(9)5-2-1-3-7-4-5;5-1-3-7-8-4-2-6/h3-4,6-7,9-10,12-13,15-16,18-19,21-22,24,29H,2,5,8,11,14,17,20,23,25-28H2,1H3,(H,34,36)(H,35,37);1-2,4,8H,3,5-7,11H2,(H,13,14);4-7,10H2,1-3H3,(H,11,12);1-4H,(H,8,9);1-6H2/b4-3-,7-6-,10-9-,13-12-,16-15-,19-18-;;;;. The number of nitrogens with zero attached hydrogens (tertiary/aromatic N) is 3. The summed E-state index contributed by atoms with van der Waals surface area (Å²) in [4.78, 5) is 68.2. The van der Waals surface area contributed by atoms with Crippen LogP contribution in [0.4, 0.5) is 4.79 Å². The molecule has 0 fully saturated rings. The molecule has 0 radical (unpaired) electrons. The summed E-state index contributed by atoms with van der Waals surface area (Å²) in [7, 11) is 13.8. The molecule has 0 saturated carbocycles. The second kappa shape index (κ2) is 66.1. The fourth-order valence-electron chi connectivity index (χ4n) is 5.45. The van der Waals surface area contributed by atoms with Crippen molar-refractivity contribution >= 4 is 116 Å². The van der Waals surface area contributed by atoms with Crippen LogP contribution in [0.3, 0.4) is 0 Å². The van der Waals surface area contributed by atoms with Gasteiger partial charge in [0.25, 0.3) is 11.8 Å². The Bertz CT molecular complexity index is 2300. The Morgan fingerprint density at radius 1 is 0.471 bits per heavy atom. The highest BCUT2D eigenvalue weighted by molar-refractivity contribution is 8.77. The summed E-state index contributed by atoms with van der Waals surface area (Å²) in [5, 5.41) is 19.7. The Kier molecular flexibility index (Phi) is 64.4. The number of nitrogens with two attached hydrogens (primary N) is 4. The van der Waals surface area contributed by atoms with E-state index in [9.17, 15) is 24.0 Å². The largest absolute Gasteiger partial charge is 0.478 e. The van der Waals surface area contributed by atoms with Crippen LogP contribution in [0.5, 0.6) is 0 Å². The van der Waals surface area contributed by atoms with E-state index in [1.54, 1.807) is 141 Å². The highest BCUT2D eigenvalue weighted by Crippen LogP contribution is 2.21. The number of hydrogen-bond acceptors (Lipinski definition) is 21. The SMILES string of the molecule is CC(C)(C)OC(=O)NCCSSCCN.CC/C=C\C/C=C\C/C=C\C/C=C\C/C=C\C/C=C\CCC(=O)NCCSSCCNC(=O)c1cccnc1.NCCSSCCN.NCCSSCCNC(=O)c1cccnc1.O=C(O)c1cccnc1. The number of allylic oxidation sites excluding steroid dienone is 12. The first-order chi connectivity index (χ1) is 42.3. The molecule has 4 amide bonds. The van der Waals surface area contributed by atoms with Crippen LogP contribution in [-0.2, 0) is 9.53 Å². The first kappa shape index (κ1) is 84.7. The van der Waals surface area contributed by atoms with Gasteiger partial charge in [-0.25, -0.2) is 9.59 Å². The molecule has 18 nitrogen and oxygen atoms in total. The zero-order valence-electron chi connectivity index (χ0n) is 51.1. The van der Waals surface area contributed by atoms with Crippen LogP contribution in [0.25, 0.3) is 0 Å². The fraction of sp³-hybridized carbons (Fsp3) is 0.475. The van der Waals surface area contributed by atoms with E-state index in [1.165, 1.54) is 18.5 Å². The van der Waals surface area contributed by atoms with Crippen LogP contribution < -0.4 is 44.2 Å². The Labute approximate surface area is 551 Å². The van der Waals surface area contributed by atoms with Crippen molar-refractivity contribution in [1.82, 2.24) is 36.2 Å². The fourth-order valence-corrected chi connectivity index (χ4v) is 12.5. The van der Waals surface area contributed by atoms with Gasteiger partial charge in [0.15, 0.2) is 0 Å². The molecule has 0 saturated heterocycles. The molecule has 0 atom stereocenters. The average Bonchev–Trinajstić information content (AvgIpc) is 3.54. The van der Waals surface area contributed by atoms with Crippen molar-refractivity contribution in [1.29, 1.82) is 0 Å². The lowest BCUT2D eigenvalue weighted by Gasteiger charge is -2.19. The van der Waals surface area contributed by atoms with Gasteiger partial charge in [-0.3, -0.25) is 29.3 Å². The molecule has 26 heteroatoms. The minimum absolute atomic E-state index is 0.0717. The summed E-state index contributed by atoms with van der Waals surface area (Å²) in [6, 6.07) is 10.1. The minimum Gasteiger partial charge on any atom is -0.478 e. The number of pyridine rings is 3. The normalized spacial score (nSPS) is 11.1. The van der Waals surface area contributed by atoms with Gasteiger partial charge in [0.05, 0.1) is 16.7 Å². The maximum absolute atomic E-state index is 11.9. The molecule has 0 spiro atoms. The van der Waals surface area contributed by atoms with Crippen molar-refractivity contribution in [2.45, 2.75) is 84.7 Å². The quantitative estimate of drug-likeness (QED) is 0.0145. The van der Waals surface area contributed by atoms with E-state index in [1.807, 2.05) is 20.8 Å². The second-order valence-corrected chi connectivity index (χ2v) is 28.8. The molecule has 0 aromatic carbocycles. The number of carboxylic acids is 1. The van der Waals surface area contributed by atoms with Crippen molar-refractivity contribution in [2.24, 2.45) is 22.9 Å². The Morgan fingerprint density at radius 2 is 0.793 bits per heavy atom. The third-order valence-corrected chi connectivity index (χ3v) is 19.1. The lowest BCUT2D eigenvalue weighted by atomic mass is 10.2. The molecule has 0 aliphatic rings. The summed E-state index contributed by atoms with van der Waals surface area (Å²) in [6.45, 7) is 13.1. The van der Waals surface area contributed by atoms with Crippen molar-refractivity contribution in [3.63, 3.8) is 0 Å². The van der Waals surface area contributed by atoms with Crippen LogP contribution in [-0.4, -0.2) is 154 Å². The van der Waals surface area contributed by atoms with Crippen LogP contribution in [0.2, 0.25) is 0 Å². The number of carboxylic acid groups (broad SMARTS) is 1. The van der Waals surface area contributed by atoms with E-state index >= 15 is 0 Å². The lowest BCUT2D eigenvalue weighted by Crippen LogP contribution is -2.33. The van der Waals surface area contributed by atoms with Gasteiger partial charge in [-0.1, -0.05) is 166 Å². The molecule has 0 aliphatic carbocycles. The Hall–Kier alpha value is -4.32. The average molecular weight is 1350 g/mol. The van der Waals surface area contributed by atoms with Gasteiger partial charge >= 0.3 is 12.1 Å². The molecule has 3 aromatic heterocycles. The maximum atomic E-state index is 11.9. The highest BCUT2D eigenvalue weighted by Gasteiger charge is 2.15. The van der Waals surface area contributed by atoms with Gasteiger partial charge in [-0.05, 0) is 102 Å². The van der Waals surface area contributed by atoms with E-state index in [-0.39, 0.29) is 29.4 Å². The zero-order valence-corrected chi connectivity index (χ0v) is 57.7. The topological polar surface area (TPSA) is 306 Å². The predicted octanol–water partition coefficient (Wildman–Crippen LogP) is 11.9. The summed E-state index contributed by atoms with van der Waals surface area (Å²) in [5.74, 6) is 6.33. The Morgan fingerprint density at radius 3 is 1.10 bits per heavy atom. The van der Waals surface area contributed by atoms with Gasteiger partial charge < -0.3 is 54.0 Å². The highest BCUT2D eigenvalue weighted by atomic mass is 33.1. The molecule has 3 aromatic rings. The summed E-state index contributed by atoms with van der Waals surface area (Å²) in [6.07, 6.45) is 42.3. The van der Waals surface area contributed by atoms with Crippen molar-refractivity contribution < 1.29 is 33.8 Å². The first-order valence-corrected chi connectivity index (χ1v) is 38.6. The molecular formula is C61H97N11O7S8. The van der Waals surface area contributed by atoms with E-state index < -0.39 is 11.6 Å². The Balaban J connectivity index is 0. The number of hydrogen-bond donors (Lipinski definition) is 9. The van der Waals surface area contributed by atoms with Crippen LogP contribution >= 0.6 is 86.4 Å². The summed E-state index contributed by atoms with van der Waals surface area (Å²) >= 11 is 0. The van der Waals surface area contributed by atoms with Crippen molar-refractivity contribution in [2.75, 3.05) is 98.4 Å². The van der Waals surface area contributed by atoms with E-state index in [0.29, 0.717) is 56.8 Å². The van der Waals surface area contributed by atoms with Gasteiger partial charge in [-0.15, -0.1) is 0 Å². The smallest absolute Gasteiger partial charge is 0.407 e. The maximum Gasteiger partial charge on any atom is 0.407 e. The number of rotatable bonds is 41. The number of carbonyl (C=O) groups excluding carboxylic acids is 4. The second-order valence-electron chi connectivity index (χ2n) is 18.0. The van der Waals surface area contributed by atoms with E-state index in [0.717, 1.165) is 104 Å². The van der Waals surface area contributed by atoms with Gasteiger partial charge in [-0.2, -0.15) is 0 Å². The van der Waals surface area contributed by atoms with E-state index in [2.05, 4.69) is 116 Å². The van der Waals surface area contributed by atoms with Crippen molar-refractivity contribution in [3.05, 3.63) is 163 Å². The molecule has 0 bridgehead atoms. The van der Waals surface area contributed by atoms with Crippen LogP contribution in [0.1, 0.15) is 110 Å². The molecule has 0 unspecified atom stereocenters. The predicted molar refractivity (Wildman–Crippen MR) is 385 cm³/mol. The van der Waals surface area contributed by atoms with Gasteiger partial charge in [0, 0.05) is 142 Å². The third kappa shape index (κ3) is 64.5. The number of amides is 4. The van der Waals surface area contributed by atoms with Crippen molar-refractivity contribution in [3.8, 4) is 0 Å². The number of carbonyl (C=O) groups is 5. The summed E-state index contributed by atoms with van der Waals surface area (Å²) < 4.78 is 5.08. The molecule has 87 heavy (non-hydrogen) atoms. The molecular weight excluding hydrogens is 1260 g/mol. The van der Waals surface area contributed by atoms with Gasteiger partial charge in [0.1, 0.15) is 5.60 Å². The first-order valence-electron chi connectivity index (χ1n) is 28.7. The number of ether oxygens (including phenoxy) is 1. The van der Waals surface area contributed by atoms with Crippen LogP contribution in [0, 0.1) is 0 Å². The number of alkyl carbamates (subject to hydrolysis) is 1. The molecule has 3 rings (SSSR count). The molecule has 13 N–H and O–H groups in total. The lowest BCUT2D eigenvalue weighted by molar-refractivity contribution is -0.120. The van der Waals surface area contributed by atoms with Gasteiger partial charge in [0.2, 0.25) is 5.91 Å². The third-order valence-electron chi connectivity index (χ3n) is 9.33. The minimum atomic E-state index is -0.942. The summed E-state index contributed by atoms with van der Waals surface area (Å²) in [5.41, 5.74) is 22.1. The number of nitrogens with one attached hydrogen (secondary N) is 4. The van der Waals surface area contributed by atoms with E-state index in [4.69, 9.17) is 32.8 Å². The monoisotopic (exact) mass is 1350 g/mol. The molecule has 486 valence electrons. The van der Waals surface area contributed by atoms with Crippen LogP contribution in [0.15, 0.2) is 146 Å². The molecule has 3 heterocycles. The number of aromatic carboxylic acids is 1. The number of aromatic nitrogens is 3.